The second-order valence-electron chi connectivity index (χ2n) is 4.21. The lowest BCUT2D eigenvalue weighted by atomic mass is 10.1. The monoisotopic (exact) mass is 258 g/mol. The Kier molecular flexibility index (Phi) is 2.52. The number of fused-ring (bicyclic) bond motifs is 1. The summed E-state index contributed by atoms with van der Waals surface area (Å²) in [6.07, 6.45) is 0. The first-order valence-electron chi connectivity index (χ1n) is 5.60. The molecule has 1 aromatic carbocycles. The van der Waals surface area contributed by atoms with Gasteiger partial charge in [0.2, 0.25) is 0 Å². The van der Waals surface area contributed by atoms with Crippen molar-refractivity contribution >= 4 is 17.2 Å². The lowest BCUT2D eigenvalue weighted by Crippen LogP contribution is -1.97. The molecule has 3 rings (SSSR count). The summed E-state index contributed by atoms with van der Waals surface area (Å²) in [6, 6.07) is 9.86. The number of hydrogen-bond acceptors (Lipinski definition) is 3. The van der Waals surface area contributed by atoms with Gasteiger partial charge in [0.25, 0.3) is 0 Å². The van der Waals surface area contributed by atoms with E-state index < -0.39 is 0 Å². The molecule has 0 aliphatic carbocycles. The summed E-state index contributed by atoms with van der Waals surface area (Å²) < 4.78 is 1.90. The minimum atomic E-state index is 0.433. The quantitative estimate of drug-likeness (QED) is 0.630. The van der Waals surface area contributed by atoms with E-state index in [1.54, 1.807) is 6.07 Å². The van der Waals surface area contributed by atoms with Gasteiger partial charge in [-0.05, 0) is 13.8 Å². The minimum absolute atomic E-state index is 0.433. The van der Waals surface area contributed by atoms with E-state index in [1.807, 2.05) is 23.5 Å². The van der Waals surface area contributed by atoms with E-state index in [0.29, 0.717) is 10.8 Å². The molecule has 0 radical (unpaired) electrons. The SMILES string of the molecule is Cc1ccc(-c2nnc3cc(Cl)nc(C)n23)cc1. The molecule has 0 fully saturated rings. The average Bonchev–Trinajstić information content (AvgIpc) is 2.74. The predicted octanol–water partition coefficient (Wildman–Crippen LogP) is 3.06. The minimum Gasteiger partial charge on any atom is -0.263 e. The first-order valence-corrected chi connectivity index (χ1v) is 5.98. The third-order valence-corrected chi connectivity index (χ3v) is 3.03. The number of aryl methyl sites for hydroxylation is 2. The van der Waals surface area contributed by atoms with Gasteiger partial charge < -0.3 is 0 Å². The molecule has 0 unspecified atom stereocenters. The maximum atomic E-state index is 5.91. The van der Waals surface area contributed by atoms with Crippen LogP contribution in [-0.4, -0.2) is 19.6 Å². The molecule has 0 aliphatic rings. The van der Waals surface area contributed by atoms with Crippen LogP contribution in [0.5, 0.6) is 0 Å². The molecular formula is C13H11ClN4. The van der Waals surface area contributed by atoms with Crippen LogP contribution in [0.15, 0.2) is 30.3 Å². The molecule has 90 valence electrons. The van der Waals surface area contributed by atoms with Gasteiger partial charge in [0.1, 0.15) is 11.0 Å². The van der Waals surface area contributed by atoms with Crippen molar-refractivity contribution < 1.29 is 0 Å². The largest absolute Gasteiger partial charge is 0.263 e. The molecule has 0 bridgehead atoms. The number of rotatable bonds is 1. The summed E-state index contributed by atoms with van der Waals surface area (Å²) >= 11 is 5.91. The van der Waals surface area contributed by atoms with Crippen LogP contribution < -0.4 is 0 Å². The fraction of sp³-hybridized carbons (Fsp3) is 0.154. The second-order valence-corrected chi connectivity index (χ2v) is 4.60. The second kappa shape index (κ2) is 4.07. The van der Waals surface area contributed by atoms with Crippen molar-refractivity contribution in [2.75, 3.05) is 0 Å². The fourth-order valence-corrected chi connectivity index (χ4v) is 2.16. The maximum Gasteiger partial charge on any atom is 0.169 e. The summed E-state index contributed by atoms with van der Waals surface area (Å²) in [5.41, 5.74) is 2.94. The summed E-state index contributed by atoms with van der Waals surface area (Å²) in [4.78, 5) is 4.23. The van der Waals surface area contributed by atoms with Crippen LogP contribution in [0.2, 0.25) is 5.15 Å². The van der Waals surface area contributed by atoms with Gasteiger partial charge in [-0.25, -0.2) is 4.98 Å². The van der Waals surface area contributed by atoms with Crippen LogP contribution in [0.4, 0.5) is 0 Å². The number of benzene rings is 1. The molecule has 0 amide bonds. The van der Waals surface area contributed by atoms with Crippen molar-refractivity contribution in [2.45, 2.75) is 13.8 Å². The molecule has 5 heteroatoms. The first-order chi connectivity index (χ1) is 8.65. The summed E-state index contributed by atoms with van der Waals surface area (Å²) in [6.45, 7) is 3.94. The van der Waals surface area contributed by atoms with Crippen molar-refractivity contribution in [1.29, 1.82) is 0 Å². The van der Waals surface area contributed by atoms with Crippen LogP contribution in [-0.2, 0) is 0 Å². The van der Waals surface area contributed by atoms with E-state index in [4.69, 9.17) is 11.6 Å². The van der Waals surface area contributed by atoms with Gasteiger partial charge in [0.05, 0.1) is 0 Å². The summed E-state index contributed by atoms with van der Waals surface area (Å²) in [5, 5.41) is 8.77. The Morgan fingerprint density at radius 1 is 1.06 bits per heavy atom. The van der Waals surface area contributed by atoms with Gasteiger partial charge in [0.15, 0.2) is 11.5 Å². The van der Waals surface area contributed by atoms with Crippen LogP contribution in [0, 0.1) is 13.8 Å². The Morgan fingerprint density at radius 3 is 2.50 bits per heavy atom. The molecule has 0 saturated heterocycles. The zero-order valence-electron chi connectivity index (χ0n) is 10.1. The van der Waals surface area contributed by atoms with Crippen LogP contribution in [0.25, 0.3) is 17.0 Å². The summed E-state index contributed by atoms with van der Waals surface area (Å²) in [7, 11) is 0. The van der Waals surface area contributed by atoms with Crippen LogP contribution in [0.3, 0.4) is 0 Å². The van der Waals surface area contributed by atoms with Gasteiger partial charge in [-0.3, -0.25) is 4.40 Å². The van der Waals surface area contributed by atoms with E-state index >= 15 is 0 Å². The van der Waals surface area contributed by atoms with Crippen molar-refractivity contribution in [3.05, 3.63) is 46.9 Å². The van der Waals surface area contributed by atoms with Gasteiger partial charge in [-0.2, -0.15) is 0 Å². The molecule has 0 atom stereocenters. The van der Waals surface area contributed by atoms with E-state index in [0.717, 1.165) is 17.2 Å². The molecule has 3 aromatic rings. The molecule has 2 aromatic heterocycles. The molecule has 4 nitrogen and oxygen atoms in total. The van der Waals surface area contributed by atoms with Crippen molar-refractivity contribution in [3.8, 4) is 11.4 Å². The van der Waals surface area contributed by atoms with Gasteiger partial charge in [-0.1, -0.05) is 41.4 Å². The van der Waals surface area contributed by atoms with Gasteiger partial charge >= 0.3 is 0 Å². The smallest absolute Gasteiger partial charge is 0.169 e. The Hall–Kier alpha value is -1.94. The maximum absolute atomic E-state index is 5.91. The topological polar surface area (TPSA) is 43.1 Å². The van der Waals surface area contributed by atoms with Crippen molar-refractivity contribution in [1.82, 2.24) is 19.6 Å². The highest BCUT2D eigenvalue weighted by Gasteiger charge is 2.11. The molecule has 18 heavy (non-hydrogen) atoms. The molecule has 0 N–H and O–H groups in total. The van der Waals surface area contributed by atoms with E-state index in [2.05, 4.69) is 34.2 Å². The van der Waals surface area contributed by atoms with E-state index in [1.165, 1.54) is 5.56 Å². The Labute approximate surface area is 109 Å². The zero-order chi connectivity index (χ0) is 12.7. The normalized spacial score (nSPS) is 11.1. The van der Waals surface area contributed by atoms with Crippen molar-refractivity contribution in [3.63, 3.8) is 0 Å². The third-order valence-electron chi connectivity index (χ3n) is 2.84. The summed E-state index contributed by atoms with van der Waals surface area (Å²) in [5.74, 6) is 1.56. The molecule has 2 heterocycles. The average molecular weight is 259 g/mol. The lowest BCUT2D eigenvalue weighted by Gasteiger charge is -2.03. The standard InChI is InChI=1S/C13H11ClN4/c1-8-3-5-10(6-4-8)13-17-16-12-7-11(14)15-9(2)18(12)13/h3-7H,1-2H3. The highest BCUT2D eigenvalue weighted by Crippen LogP contribution is 2.21. The number of nitrogens with zero attached hydrogens (tertiary/aromatic N) is 4. The van der Waals surface area contributed by atoms with E-state index in [-0.39, 0.29) is 0 Å². The lowest BCUT2D eigenvalue weighted by molar-refractivity contribution is 0.988. The van der Waals surface area contributed by atoms with Crippen LogP contribution >= 0.6 is 11.6 Å². The zero-order valence-corrected chi connectivity index (χ0v) is 10.8. The van der Waals surface area contributed by atoms with Gasteiger partial charge in [-0.15, -0.1) is 10.2 Å². The van der Waals surface area contributed by atoms with Gasteiger partial charge in [0, 0.05) is 11.6 Å². The highest BCUT2D eigenvalue weighted by atomic mass is 35.5. The third kappa shape index (κ3) is 1.75. The molecule has 0 spiro atoms. The van der Waals surface area contributed by atoms with Crippen molar-refractivity contribution in [2.24, 2.45) is 0 Å². The molecule has 0 aliphatic heterocycles. The Balaban J connectivity index is 2.27. The number of aromatic nitrogens is 4. The predicted molar refractivity (Wildman–Crippen MR) is 70.7 cm³/mol. The fourth-order valence-electron chi connectivity index (χ4n) is 1.94. The Bertz CT molecular complexity index is 716. The number of hydrogen-bond donors (Lipinski definition) is 0. The van der Waals surface area contributed by atoms with Crippen LogP contribution in [0.1, 0.15) is 11.4 Å². The highest BCUT2D eigenvalue weighted by molar-refractivity contribution is 6.29. The number of halogens is 1. The molecule has 0 saturated carbocycles. The molecular weight excluding hydrogens is 248 g/mol. The Morgan fingerprint density at radius 2 is 1.78 bits per heavy atom. The van der Waals surface area contributed by atoms with E-state index in [9.17, 15) is 0 Å². The first kappa shape index (κ1) is 11.2.